The van der Waals surface area contributed by atoms with Crippen LogP contribution in [0, 0.1) is 13.8 Å². The summed E-state index contributed by atoms with van der Waals surface area (Å²) in [6.45, 7) is 4.08. The molecule has 0 aliphatic rings. The van der Waals surface area contributed by atoms with Crippen LogP contribution in [0.15, 0.2) is 71.5 Å². The van der Waals surface area contributed by atoms with E-state index in [4.69, 9.17) is 9.26 Å². The molecule has 2 heterocycles. The highest BCUT2D eigenvalue weighted by molar-refractivity contribution is 6.04. The van der Waals surface area contributed by atoms with Crippen LogP contribution in [0.1, 0.15) is 27.4 Å². The molecular weight excluding hydrogens is 380 g/mol. The fourth-order valence-corrected chi connectivity index (χ4v) is 2.90. The van der Waals surface area contributed by atoms with Gasteiger partial charge in [-0.2, -0.15) is 0 Å². The maximum Gasteiger partial charge on any atom is 0.255 e. The van der Waals surface area contributed by atoms with Crippen LogP contribution in [0.4, 0.5) is 5.69 Å². The van der Waals surface area contributed by atoms with Crippen molar-refractivity contribution in [3.05, 3.63) is 89.6 Å². The number of amides is 1. The second kappa shape index (κ2) is 8.57. The third kappa shape index (κ3) is 4.35. The number of hydrogen-bond donors (Lipinski definition) is 1. The van der Waals surface area contributed by atoms with E-state index in [1.165, 1.54) is 0 Å². The summed E-state index contributed by atoms with van der Waals surface area (Å²) in [5.41, 5.74) is 3.69. The lowest BCUT2D eigenvalue weighted by Gasteiger charge is -2.08. The first kappa shape index (κ1) is 19.3. The number of benzene rings is 2. The molecule has 0 radical (unpaired) electrons. The van der Waals surface area contributed by atoms with Crippen LogP contribution in [0.25, 0.3) is 11.4 Å². The smallest absolute Gasteiger partial charge is 0.255 e. The molecule has 0 saturated carbocycles. The van der Waals surface area contributed by atoms with Gasteiger partial charge in [0.05, 0.1) is 29.3 Å². The Bertz CT molecular complexity index is 1120. The maximum absolute atomic E-state index is 12.5. The lowest BCUT2D eigenvalue weighted by molar-refractivity contribution is 0.102. The van der Waals surface area contributed by atoms with Gasteiger partial charge in [-0.3, -0.25) is 4.79 Å². The van der Waals surface area contributed by atoms with E-state index in [0.717, 1.165) is 22.6 Å². The Hall–Kier alpha value is -4.00. The van der Waals surface area contributed by atoms with Gasteiger partial charge < -0.3 is 14.6 Å². The topological polar surface area (TPSA) is 90.1 Å². The van der Waals surface area contributed by atoms with Gasteiger partial charge in [-0.05, 0) is 38.1 Å². The molecule has 0 atom stereocenters. The predicted octanol–water partition coefficient (Wildman–Crippen LogP) is 4.58. The van der Waals surface area contributed by atoms with E-state index in [9.17, 15) is 4.79 Å². The molecule has 150 valence electrons. The van der Waals surface area contributed by atoms with Crippen LogP contribution in [0.5, 0.6) is 5.75 Å². The lowest BCUT2D eigenvalue weighted by atomic mass is 10.2. The van der Waals surface area contributed by atoms with E-state index in [1.807, 2.05) is 44.2 Å². The Kier molecular flexibility index (Phi) is 5.52. The highest BCUT2D eigenvalue weighted by atomic mass is 16.5. The highest BCUT2D eigenvalue weighted by Gasteiger charge is 2.11. The molecule has 2 aromatic carbocycles. The van der Waals surface area contributed by atoms with Crippen molar-refractivity contribution in [2.75, 3.05) is 5.32 Å². The van der Waals surface area contributed by atoms with Gasteiger partial charge in [-0.15, -0.1) is 0 Å². The summed E-state index contributed by atoms with van der Waals surface area (Å²) in [5.74, 6) is 1.75. The second-order valence-corrected chi connectivity index (χ2v) is 6.73. The molecule has 0 aliphatic heterocycles. The summed E-state index contributed by atoms with van der Waals surface area (Å²) in [4.78, 5) is 21.1. The van der Waals surface area contributed by atoms with Gasteiger partial charge in [0.2, 0.25) is 0 Å². The van der Waals surface area contributed by atoms with Crippen LogP contribution in [-0.4, -0.2) is 21.0 Å². The fraction of sp³-hybridized carbons (Fsp3) is 0.130. The van der Waals surface area contributed by atoms with Crippen LogP contribution in [-0.2, 0) is 6.61 Å². The van der Waals surface area contributed by atoms with Crippen LogP contribution >= 0.6 is 0 Å². The summed E-state index contributed by atoms with van der Waals surface area (Å²) in [5, 5.41) is 6.71. The zero-order chi connectivity index (χ0) is 20.9. The Morgan fingerprint density at radius 3 is 2.33 bits per heavy atom. The molecule has 4 rings (SSSR count). The Balaban J connectivity index is 1.37. The van der Waals surface area contributed by atoms with Crippen LogP contribution in [0.3, 0.4) is 0 Å². The highest BCUT2D eigenvalue weighted by Crippen LogP contribution is 2.19. The van der Waals surface area contributed by atoms with Gasteiger partial charge in [0, 0.05) is 11.1 Å². The summed E-state index contributed by atoms with van der Waals surface area (Å²) in [6, 6.07) is 16.6. The number of carbonyl (C=O) groups is 1. The summed E-state index contributed by atoms with van der Waals surface area (Å²) < 4.78 is 10.9. The molecule has 0 unspecified atom stereocenters. The largest absolute Gasteiger partial charge is 0.489 e. The molecular formula is C23H20N4O3. The lowest BCUT2D eigenvalue weighted by Crippen LogP contribution is -2.12. The van der Waals surface area contributed by atoms with Crippen molar-refractivity contribution in [2.45, 2.75) is 20.5 Å². The monoisotopic (exact) mass is 400 g/mol. The van der Waals surface area contributed by atoms with E-state index in [2.05, 4.69) is 20.4 Å². The van der Waals surface area contributed by atoms with Gasteiger partial charge in [-0.1, -0.05) is 35.5 Å². The van der Waals surface area contributed by atoms with Crippen molar-refractivity contribution in [3.63, 3.8) is 0 Å². The molecule has 4 aromatic rings. The molecule has 7 nitrogen and oxygen atoms in total. The molecule has 0 fully saturated rings. The van der Waals surface area contributed by atoms with Gasteiger partial charge in [0.1, 0.15) is 18.1 Å². The second-order valence-electron chi connectivity index (χ2n) is 6.73. The average Bonchev–Trinajstić information content (AvgIpc) is 3.11. The van der Waals surface area contributed by atoms with Crippen molar-refractivity contribution >= 4 is 11.6 Å². The molecule has 0 aliphatic carbocycles. The molecule has 0 bridgehead atoms. The van der Waals surface area contributed by atoms with Crippen molar-refractivity contribution < 1.29 is 14.1 Å². The SMILES string of the molecule is Cc1noc(C)c1COc1ccc(C(=O)Nc2cnc(-c3ccccc3)nc2)cc1. The summed E-state index contributed by atoms with van der Waals surface area (Å²) in [7, 11) is 0. The number of ether oxygens (including phenoxy) is 1. The number of hydrogen-bond acceptors (Lipinski definition) is 6. The first-order valence-electron chi connectivity index (χ1n) is 9.43. The first-order valence-corrected chi connectivity index (χ1v) is 9.43. The normalized spacial score (nSPS) is 10.6. The number of nitrogens with one attached hydrogen (secondary N) is 1. The standard InChI is InChI=1S/C23H20N4O3/c1-15-21(16(2)30-27-15)14-29-20-10-8-18(9-11-20)23(28)26-19-12-24-22(25-13-19)17-6-4-3-5-7-17/h3-13H,14H2,1-2H3,(H,26,28). The van der Waals surface area contributed by atoms with Crippen molar-refractivity contribution in [2.24, 2.45) is 0 Å². The van der Waals surface area contributed by atoms with Gasteiger partial charge in [0.15, 0.2) is 5.82 Å². The van der Waals surface area contributed by atoms with Crippen molar-refractivity contribution in [3.8, 4) is 17.1 Å². The van der Waals surface area contributed by atoms with Crippen LogP contribution in [0.2, 0.25) is 0 Å². The van der Waals surface area contributed by atoms with Gasteiger partial charge in [0.25, 0.3) is 5.91 Å². The average molecular weight is 400 g/mol. The van der Waals surface area contributed by atoms with Gasteiger partial charge >= 0.3 is 0 Å². The molecule has 0 saturated heterocycles. The van der Waals surface area contributed by atoms with E-state index >= 15 is 0 Å². The molecule has 1 N–H and O–H groups in total. The minimum Gasteiger partial charge on any atom is -0.489 e. The fourth-order valence-electron chi connectivity index (χ4n) is 2.90. The maximum atomic E-state index is 12.5. The zero-order valence-corrected chi connectivity index (χ0v) is 16.6. The van der Waals surface area contributed by atoms with Crippen molar-refractivity contribution in [1.29, 1.82) is 0 Å². The number of aromatic nitrogens is 3. The number of carbonyl (C=O) groups excluding carboxylic acids is 1. The number of rotatable bonds is 6. The summed E-state index contributed by atoms with van der Waals surface area (Å²) >= 11 is 0. The van der Waals surface area contributed by atoms with Crippen molar-refractivity contribution in [1.82, 2.24) is 15.1 Å². The Morgan fingerprint density at radius 1 is 1.00 bits per heavy atom. The van der Waals surface area contributed by atoms with E-state index in [0.29, 0.717) is 29.4 Å². The number of anilines is 1. The first-order chi connectivity index (χ1) is 14.6. The van der Waals surface area contributed by atoms with E-state index in [-0.39, 0.29) is 5.91 Å². The minimum absolute atomic E-state index is 0.247. The molecule has 30 heavy (non-hydrogen) atoms. The van der Waals surface area contributed by atoms with Gasteiger partial charge in [-0.25, -0.2) is 9.97 Å². The Labute approximate surface area is 173 Å². The van der Waals surface area contributed by atoms with E-state index in [1.54, 1.807) is 36.7 Å². The molecule has 2 aromatic heterocycles. The number of nitrogens with zero attached hydrogens (tertiary/aromatic N) is 3. The van der Waals surface area contributed by atoms with Crippen LogP contribution < -0.4 is 10.1 Å². The third-order valence-corrected chi connectivity index (χ3v) is 4.62. The molecule has 1 amide bonds. The van der Waals surface area contributed by atoms with E-state index < -0.39 is 0 Å². The quantitative estimate of drug-likeness (QED) is 0.509. The summed E-state index contributed by atoms with van der Waals surface area (Å²) in [6.07, 6.45) is 3.18. The minimum atomic E-state index is -0.247. The predicted molar refractivity (Wildman–Crippen MR) is 112 cm³/mol. The Morgan fingerprint density at radius 2 is 1.70 bits per heavy atom. The molecule has 0 spiro atoms. The molecule has 7 heteroatoms. The third-order valence-electron chi connectivity index (χ3n) is 4.62. The number of aryl methyl sites for hydroxylation is 2. The zero-order valence-electron chi connectivity index (χ0n) is 16.6.